The molecule has 0 unspecified atom stereocenters. The summed E-state index contributed by atoms with van der Waals surface area (Å²) < 4.78 is 34.9. The van der Waals surface area contributed by atoms with Crippen LogP contribution >= 0.6 is 0 Å². The lowest BCUT2D eigenvalue weighted by Crippen LogP contribution is -2.00. The van der Waals surface area contributed by atoms with Gasteiger partial charge in [0.05, 0.1) is 9.82 Å². The summed E-state index contributed by atoms with van der Waals surface area (Å²) in [6, 6.07) is 8.92. The van der Waals surface area contributed by atoms with E-state index in [2.05, 4.69) is 0 Å². The number of nitro benzene ring substituents is 1. The molecule has 4 rings (SSSR count). The van der Waals surface area contributed by atoms with Gasteiger partial charge < -0.3 is 9.15 Å². The van der Waals surface area contributed by atoms with Crippen molar-refractivity contribution in [3.05, 3.63) is 57.8 Å². The lowest BCUT2D eigenvalue weighted by Gasteiger charge is -2.09. The Hall–Kier alpha value is -2.87. The Bertz CT molecular complexity index is 1160. The Balaban J connectivity index is 1.74. The minimum absolute atomic E-state index is 0.0101. The molecule has 1 aromatic heterocycles. The fraction of sp³-hybridized carbons (Fsp3) is 0.263. The van der Waals surface area contributed by atoms with E-state index < -0.39 is 20.4 Å². The number of nitrogens with zero attached hydrogens (tertiary/aromatic N) is 1. The minimum atomic E-state index is -3.55. The molecule has 1 heterocycles. The number of hydrogen-bond acceptors (Lipinski definition) is 6. The Morgan fingerprint density at radius 1 is 1.11 bits per heavy atom. The maximum absolute atomic E-state index is 11.7. The number of fused-ring (bicyclic) bond motifs is 3. The average molecular weight is 387 g/mol. The zero-order valence-electron chi connectivity index (χ0n) is 14.6. The molecule has 0 saturated heterocycles. The van der Waals surface area contributed by atoms with E-state index >= 15 is 0 Å². The summed E-state index contributed by atoms with van der Waals surface area (Å²) >= 11 is 0. The molecular formula is C19H17NO6S. The summed E-state index contributed by atoms with van der Waals surface area (Å²) in [5, 5.41) is 12.3. The average Bonchev–Trinajstić information content (AvgIpc) is 2.99. The third kappa shape index (κ3) is 3.28. The van der Waals surface area contributed by atoms with Gasteiger partial charge in [-0.05, 0) is 49.6 Å². The molecule has 3 aromatic rings. The van der Waals surface area contributed by atoms with Crippen molar-refractivity contribution in [2.75, 3.05) is 6.26 Å². The zero-order chi connectivity index (χ0) is 19.2. The van der Waals surface area contributed by atoms with Gasteiger partial charge in [-0.3, -0.25) is 10.1 Å². The second-order valence-electron chi connectivity index (χ2n) is 6.63. The third-order valence-corrected chi connectivity index (χ3v) is 5.82. The van der Waals surface area contributed by atoms with Crippen LogP contribution in [0.25, 0.3) is 11.0 Å². The predicted molar refractivity (Wildman–Crippen MR) is 99.1 cm³/mol. The van der Waals surface area contributed by atoms with E-state index in [0.29, 0.717) is 5.75 Å². The van der Waals surface area contributed by atoms with E-state index in [1.54, 1.807) is 12.1 Å². The molecule has 0 bridgehead atoms. The van der Waals surface area contributed by atoms with Crippen molar-refractivity contribution in [2.45, 2.75) is 30.6 Å². The van der Waals surface area contributed by atoms with Crippen LogP contribution in [0.2, 0.25) is 0 Å². The van der Waals surface area contributed by atoms with Gasteiger partial charge in [0.2, 0.25) is 5.75 Å². The topological polar surface area (TPSA) is 99.7 Å². The first kappa shape index (κ1) is 17.5. The van der Waals surface area contributed by atoms with Crippen molar-refractivity contribution in [1.29, 1.82) is 0 Å². The molecule has 0 N–H and O–H groups in total. The van der Waals surface area contributed by atoms with E-state index in [1.165, 1.54) is 17.7 Å². The molecule has 1 aliphatic rings. The number of furan rings is 1. The molecule has 7 nitrogen and oxygen atoms in total. The van der Waals surface area contributed by atoms with Gasteiger partial charge in [-0.1, -0.05) is 0 Å². The summed E-state index contributed by atoms with van der Waals surface area (Å²) in [4.78, 5) is 10.6. The molecule has 0 atom stereocenters. The van der Waals surface area contributed by atoms with Crippen LogP contribution in [0, 0.1) is 10.1 Å². The molecule has 8 heteroatoms. The number of sulfone groups is 1. The summed E-state index contributed by atoms with van der Waals surface area (Å²) in [7, 11) is -3.55. The van der Waals surface area contributed by atoms with Crippen LogP contribution in [-0.4, -0.2) is 19.6 Å². The number of nitro groups is 1. The molecule has 2 aromatic carbocycles. The fourth-order valence-electron chi connectivity index (χ4n) is 3.39. The van der Waals surface area contributed by atoms with Crippen LogP contribution in [0.4, 0.5) is 5.69 Å². The molecular weight excluding hydrogens is 370 g/mol. The van der Waals surface area contributed by atoms with E-state index in [0.717, 1.165) is 54.7 Å². The quantitative estimate of drug-likeness (QED) is 0.485. The second kappa shape index (κ2) is 6.38. The number of aryl methyl sites for hydroxylation is 2. The molecule has 0 fully saturated rings. The molecule has 0 radical (unpaired) electrons. The van der Waals surface area contributed by atoms with Crippen molar-refractivity contribution >= 4 is 26.5 Å². The highest BCUT2D eigenvalue weighted by Crippen LogP contribution is 2.37. The van der Waals surface area contributed by atoms with Gasteiger partial charge in [0.15, 0.2) is 9.84 Å². The maximum atomic E-state index is 11.7. The Labute approximate surface area is 155 Å². The summed E-state index contributed by atoms with van der Waals surface area (Å²) in [6.07, 6.45) is 5.07. The first-order chi connectivity index (χ1) is 12.8. The van der Waals surface area contributed by atoms with Gasteiger partial charge in [-0.15, -0.1) is 0 Å². The maximum Gasteiger partial charge on any atom is 0.312 e. The Kier molecular flexibility index (Phi) is 4.15. The van der Waals surface area contributed by atoms with Gasteiger partial charge in [0.1, 0.15) is 17.1 Å². The molecule has 0 spiro atoms. The predicted octanol–water partition coefficient (Wildman–Crippen LogP) is 4.42. The smallest absolute Gasteiger partial charge is 0.312 e. The Morgan fingerprint density at radius 2 is 1.89 bits per heavy atom. The van der Waals surface area contributed by atoms with Crippen molar-refractivity contribution in [1.82, 2.24) is 0 Å². The standard InChI is InChI=1S/C19H17NO6S/c1-27(23,24)13-7-9-19(16(11-13)20(21)22)25-12-6-8-18-15(10-12)14-4-2-3-5-17(14)26-18/h6-11H,2-5H2,1H3. The van der Waals surface area contributed by atoms with Crippen LogP contribution in [-0.2, 0) is 22.7 Å². The van der Waals surface area contributed by atoms with Crippen molar-refractivity contribution in [2.24, 2.45) is 0 Å². The van der Waals surface area contributed by atoms with Crippen molar-refractivity contribution in [3.8, 4) is 11.5 Å². The van der Waals surface area contributed by atoms with E-state index in [9.17, 15) is 18.5 Å². The Morgan fingerprint density at radius 3 is 2.63 bits per heavy atom. The lowest BCUT2D eigenvalue weighted by atomic mass is 9.96. The summed E-state index contributed by atoms with van der Waals surface area (Å²) in [5.74, 6) is 1.42. The number of hydrogen-bond donors (Lipinski definition) is 0. The minimum Gasteiger partial charge on any atom is -0.461 e. The highest BCUT2D eigenvalue weighted by Gasteiger charge is 2.22. The van der Waals surface area contributed by atoms with Gasteiger partial charge in [0.25, 0.3) is 0 Å². The first-order valence-corrected chi connectivity index (χ1v) is 10.4. The summed E-state index contributed by atoms with van der Waals surface area (Å²) in [6.45, 7) is 0. The van der Waals surface area contributed by atoms with Gasteiger partial charge in [-0.2, -0.15) is 0 Å². The van der Waals surface area contributed by atoms with Crippen LogP contribution < -0.4 is 4.74 Å². The molecule has 27 heavy (non-hydrogen) atoms. The third-order valence-electron chi connectivity index (χ3n) is 4.71. The van der Waals surface area contributed by atoms with E-state index in [-0.39, 0.29) is 10.6 Å². The number of rotatable bonds is 4. The van der Waals surface area contributed by atoms with Crippen LogP contribution in [0.15, 0.2) is 45.7 Å². The van der Waals surface area contributed by atoms with Gasteiger partial charge in [0, 0.05) is 29.7 Å². The van der Waals surface area contributed by atoms with Crippen LogP contribution in [0.3, 0.4) is 0 Å². The molecule has 0 amide bonds. The molecule has 0 aliphatic heterocycles. The number of benzene rings is 2. The SMILES string of the molecule is CS(=O)(=O)c1ccc(Oc2ccc3oc4c(c3c2)CCCC4)c([N+](=O)[O-])c1. The zero-order valence-corrected chi connectivity index (χ0v) is 15.4. The molecule has 0 saturated carbocycles. The largest absolute Gasteiger partial charge is 0.461 e. The highest BCUT2D eigenvalue weighted by molar-refractivity contribution is 7.90. The van der Waals surface area contributed by atoms with Gasteiger partial charge >= 0.3 is 5.69 Å². The number of ether oxygens (including phenoxy) is 1. The summed E-state index contributed by atoms with van der Waals surface area (Å²) in [5.41, 5.74) is 1.55. The van der Waals surface area contributed by atoms with Crippen LogP contribution in [0.1, 0.15) is 24.2 Å². The van der Waals surface area contributed by atoms with E-state index in [4.69, 9.17) is 9.15 Å². The first-order valence-electron chi connectivity index (χ1n) is 8.53. The van der Waals surface area contributed by atoms with Crippen molar-refractivity contribution in [3.63, 3.8) is 0 Å². The second-order valence-corrected chi connectivity index (χ2v) is 8.65. The monoisotopic (exact) mass is 387 g/mol. The molecule has 140 valence electrons. The highest BCUT2D eigenvalue weighted by atomic mass is 32.2. The fourth-order valence-corrected chi connectivity index (χ4v) is 4.03. The van der Waals surface area contributed by atoms with Crippen LogP contribution in [0.5, 0.6) is 11.5 Å². The normalized spacial score (nSPS) is 14.1. The van der Waals surface area contributed by atoms with Gasteiger partial charge in [-0.25, -0.2) is 8.42 Å². The lowest BCUT2D eigenvalue weighted by molar-refractivity contribution is -0.385. The van der Waals surface area contributed by atoms with E-state index in [1.807, 2.05) is 6.07 Å². The van der Waals surface area contributed by atoms with Crippen molar-refractivity contribution < 1.29 is 22.5 Å². The molecule has 1 aliphatic carbocycles.